The lowest BCUT2D eigenvalue weighted by atomic mass is 9.97. The number of rotatable bonds is 3. The highest BCUT2D eigenvalue weighted by Gasteiger charge is 2.27. The van der Waals surface area contributed by atoms with Crippen molar-refractivity contribution in [2.45, 2.75) is 12.2 Å². The van der Waals surface area contributed by atoms with Crippen LogP contribution < -0.4 is 20.1 Å². The van der Waals surface area contributed by atoms with Gasteiger partial charge in [-0.15, -0.1) is 0 Å². The van der Waals surface area contributed by atoms with Gasteiger partial charge in [-0.05, 0) is 48.5 Å². The van der Waals surface area contributed by atoms with E-state index in [4.69, 9.17) is 21.1 Å². The Morgan fingerprint density at radius 3 is 2.67 bits per heavy atom. The Morgan fingerprint density at radius 2 is 1.80 bits per heavy atom. The number of hydrogen-bond donors (Lipinski definition) is 3. The van der Waals surface area contributed by atoms with E-state index in [0.29, 0.717) is 10.8 Å². The Labute approximate surface area is 187 Å². The van der Waals surface area contributed by atoms with Crippen LogP contribution in [0.3, 0.4) is 0 Å². The number of hydrogen-bond acceptors (Lipinski definition) is 5. The maximum atomic E-state index is 10.5. The molecule has 5 nitrogen and oxygen atoms in total. The minimum absolute atomic E-state index is 0.219. The zero-order chi connectivity index (χ0) is 20.7. The van der Waals surface area contributed by atoms with Gasteiger partial charge in [0.1, 0.15) is 11.9 Å². The van der Waals surface area contributed by atoms with Crippen LogP contribution in [0.5, 0.6) is 17.2 Å². The Bertz CT molecular complexity index is 1150. The fraction of sp³-hybridized carbons (Fsp3) is 0.130. The quantitative estimate of drug-likeness (QED) is 0.457. The van der Waals surface area contributed by atoms with Crippen molar-refractivity contribution in [3.05, 3.63) is 92.9 Å². The highest BCUT2D eigenvalue weighted by atomic mass is 79.9. The maximum Gasteiger partial charge on any atom is 0.231 e. The smallest absolute Gasteiger partial charge is 0.231 e. The van der Waals surface area contributed by atoms with Crippen LogP contribution in [-0.2, 0) is 0 Å². The molecular formula is C23H18BrClN2O3. The molecule has 152 valence electrons. The zero-order valence-electron chi connectivity index (χ0n) is 15.7. The standard InChI is InChI=1S/C23H18BrClN2O3/c24-14-6-7-20(28)16(10-14)19-11-18(13-5-8-21-22(9-13)30-12-29-21)26-23(27-19)15-3-1-2-4-17(15)25/h1-11,19,23,26-28H,12H2. The summed E-state index contributed by atoms with van der Waals surface area (Å²) in [6, 6.07) is 18.7. The molecule has 0 amide bonds. The van der Waals surface area contributed by atoms with Gasteiger partial charge >= 0.3 is 0 Å². The molecular weight excluding hydrogens is 468 g/mol. The minimum atomic E-state index is -0.257. The summed E-state index contributed by atoms with van der Waals surface area (Å²) in [5.41, 5.74) is 3.55. The van der Waals surface area contributed by atoms with Crippen molar-refractivity contribution in [1.82, 2.24) is 10.6 Å². The van der Waals surface area contributed by atoms with Crippen LogP contribution in [0, 0.1) is 0 Å². The summed E-state index contributed by atoms with van der Waals surface area (Å²) >= 11 is 9.99. The van der Waals surface area contributed by atoms with Gasteiger partial charge in [-0.25, -0.2) is 0 Å². The summed E-state index contributed by atoms with van der Waals surface area (Å²) in [7, 11) is 0. The van der Waals surface area contributed by atoms with Gasteiger partial charge in [-0.2, -0.15) is 0 Å². The van der Waals surface area contributed by atoms with E-state index in [0.717, 1.165) is 32.6 Å². The van der Waals surface area contributed by atoms with Gasteiger partial charge in [0.2, 0.25) is 6.79 Å². The van der Waals surface area contributed by atoms with Crippen LogP contribution in [-0.4, -0.2) is 11.9 Å². The van der Waals surface area contributed by atoms with E-state index in [-0.39, 0.29) is 24.8 Å². The van der Waals surface area contributed by atoms with E-state index < -0.39 is 0 Å². The number of halogens is 2. The third-order valence-corrected chi connectivity index (χ3v) is 6.04. The summed E-state index contributed by atoms with van der Waals surface area (Å²) < 4.78 is 11.9. The van der Waals surface area contributed by atoms with Crippen molar-refractivity contribution in [3.63, 3.8) is 0 Å². The zero-order valence-corrected chi connectivity index (χ0v) is 18.1. The molecule has 7 heteroatoms. The van der Waals surface area contributed by atoms with Gasteiger partial charge < -0.3 is 19.9 Å². The lowest BCUT2D eigenvalue weighted by molar-refractivity contribution is 0.174. The number of aromatic hydroxyl groups is 1. The average Bonchev–Trinajstić information content (AvgIpc) is 3.23. The molecule has 2 aliphatic heterocycles. The van der Waals surface area contributed by atoms with Crippen molar-refractivity contribution in [2.75, 3.05) is 6.79 Å². The molecule has 0 aromatic heterocycles. The number of ether oxygens (including phenoxy) is 2. The summed E-state index contributed by atoms with van der Waals surface area (Å²) in [4.78, 5) is 0. The molecule has 3 aromatic carbocycles. The monoisotopic (exact) mass is 484 g/mol. The first-order chi connectivity index (χ1) is 14.6. The second kappa shape index (κ2) is 7.87. The molecule has 0 aliphatic carbocycles. The molecule has 0 saturated heterocycles. The fourth-order valence-electron chi connectivity index (χ4n) is 3.71. The molecule has 0 saturated carbocycles. The molecule has 2 aliphatic rings. The van der Waals surface area contributed by atoms with Crippen LogP contribution in [0.2, 0.25) is 5.02 Å². The number of phenols is 1. The number of nitrogens with one attached hydrogen (secondary N) is 2. The number of fused-ring (bicyclic) bond motifs is 1. The predicted octanol–water partition coefficient (Wildman–Crippen LogP) is 5.51. The molecule has 2 heterocycles. The topological polar surface area (TPSA) is 62.8 Å². The van der Waals surface area contributed by atoms with Gasteiger partial charge in [0.25, 0.3) is 0 Å². The molecule has 0 spiro atoms. The molecule has 3 N–H and O–H groups in total. The van der Waals surface area contributed by atoms with E-state index in [1.54, 1.807) is 6.07 Å². The molecule has 2 atom stereocenters. The van der Waals surface area contributed by atoms with Crippen molar-refractivity contribution >= 4 is 33.2 Å². The number of benzene rings is 3. The van der Waals surface area contributed by atoms with E-state index in [1.165, 1.54) is 0 Å². The molecule has 5 rings (SSSR count). The summed E-state index contributed by atoms with van der Waals surface area (Å²) in [5.74, 6) is 1.67. The van der Waals surface area contributed by atoms with Crippen LogP contribution >= 0.6 is 27.5 Å². The van der Waals surface area contributed by atoms with E-state index in [2.05, 4.69) is 26.6 Å². The Hall–Kier alpha value is -2.67. The molecule has 0 bridgehead atoms. The average molecular weight is 486 g/mol. The molecule has 0 fully saturated rings. The highest BCUT2D eigenvalue weighted by Crippen LogP contribution is 2.38. The van der Waals surface area contributed by atoms with Crippen LogP contribution in [0.4, 0.5) is 0 Å². The third-order valence-electron chi connectivity index (χ3n) is 5.20. The van der Waals surface area contributed by atoms with Crippen molar-refractivity contribution in [3.8, 4) is 17.2 Å². The SMILES string of the molecule is Oc1ccc(Br)cc1C1C=C(c2ccc3c(c2)OCO3)NC(c2ccccc2Cl)N1. The molecule has 0 radical (unpaired) electrons. The summed E-state index contributed by atoms with van der Waals surface area (Å²) in [6.07, 6.45) is 1.79. The van der Waals surface area contributed by atoms with E-state index >= 15 is 0 Å². The Balaban J connectivity index is 1.59. The van der Waals surface area contributed by atoms with E-state index in [1.807, 2.05) is 60.7 Å². The second-order valence-electron chi connectivity index (χ2n) is 7.09. The third kappa shape index (κ3) is 3.62. The first kappa shape index (κ1) is 19.3. The van der Waals surface area contributed by atoms with Gasteiger partial charge in [-0.1, -0.05) is 45.7 Å². The summed E-state index contributed by atoms with van der Waals surface area (Å²) in [5, 5.41) is 18.2. The minimum Gasteiger partial charge on any atom is -0.508 e. The Kier molecular flexibility index (Phi) is 5.06. The highest BCUT2D eigenvalue weighted by molar-refractivity contribution is 9.10. The van der Waals surface area contributed by atoms with Gasteiger partial charge in [-0.3, -0.25) is 5.32 Å². The van der Waals surface area contributed by atoms with Crippen LogP contribution in [0.1, 0.15) is 28.9 Å². The maximum absolute atomic E-state index is 10.5. The van der Waals surface area contributed by atoms with Gasteiger partial charge in [0.05, 0.1) is 6.04 Å². The van der Waals surface area contributed by atoms with Crippen LogP contribution in [0.15, 0.2) is 71.2 Å². The lowest BCUT2D eigenvalue weighted by Crippen LogP contribution is -2.39. The Morgan fingerprint density at radius 1 is 0.967 bits per heavy atom. The van der Waals surface area contributed by atoms with Gasteiger partial charge in [0, 0.05) is 31.9 Å². The van der Waals surface area contributed by atoms with Crippen molar-refractivity contribution < 1.29 is 14.6 Å². The van der Waals surface area contributed by atoms with Gasteiger partial charge in [0.15, 0.2) is 11.5 Å². The normalized spacial score (nSPS) is 19.9. The van der Waals surface area contributed by atoms with Crippen molar-refractivity contribution in [2.24, 2.45) is 0 Å². The number of phenolic OH excluding ortho intramolecular Hbond substituents is 1. The van der Waals surface area contributed by atoms with E-state index in [9.17, 15) is 5.11 Å². The lowest BCUT2D eigenvalue weighted by Gasteiger charge is -2.33. The molecule has 30 heavy (non-hydrogen) atoms. The largest absolute Gasteiger partial charge is 0.508 e. The second-order valence-corrected chi connectivity index (χ2v) is 8.42. The van der Waals surface area contributed by atoms with Crippen LogP contribution in [0.25, 0.3) is 5.70 Å². The first-order valence-corrected chi connectivity index (χ1v) is 10.6. The first-order valence-electron chi connectivity index (χ1n) is 9.46. The fourth-order valence-corrected chi connectivity index (χ4v) is 4.34. The molecule has 3 aromatic rings. The summed E-state index contributed by atoms with van der Waals surface area (Å²) in [6.45, 7) is 0.226. The molecule has 2 unspecified atom stereocenters. The predicted molar refractivity (Wildman–Crippen MR) is 120 cm³/mol. The van der Waals surface area contributed by atoms with Crippen molar-refractivity contribution in [1.29, 1.82) is 0 Å².